The van der Waals surface area contributed by atoms with E-state index in [1.165, 1.54) is 6.07 Å². The van der Waals surface area contributed by atoms with Crippen LogP contribution in [0.3, 0.4) is 0 Å². The molecule has 27 heavy (non-hydrogen) atoms. The van der Waals surface area contributed by atoms with Gasteiger partial charge in [-0.25, -0.2) is 13.8 Å². The number of hydrogen-bond acceptors (Lipinski definition) is 4. The molecule has 144 valence electrons. The van der Waals surface area contributed by atoms with E-state index in [1.807, 2.05) is 0 Å². The maximum atomic E-state index is 13.5. The van der Waals surface area contributed by atoms with Crippen molar-refractivity contribution in [2.75, 3.05) is 24.5 Å². The molecule has 5 nitrogen and oxygen atoms in total. The van der Waals surface area contributed by atoms with Gasteiger partial charge in [0.05, 0.1) is 5.69 Å². The fourth-order valence-electron chi connectivity index (χ4n) is 3.88. The summed E-state index contributed by atoms with van der Waals surface area (Å²) in [4.78, 5) is 24.5. The molecule has 1 aromatic heterocycles. The van der Waals surface area contributed by atoms with Gasteiger partial charge in [0.15, 0.2) is 11.6 Å². The lowest BCUT2D eigenvalue weighted by Crippen LogP contribution is -2.39. The summed E-state index contributed by atoms with van der Waals surface area (Å²) in [6.45, 7) is 5.79. The first kappa shape index (κ1) is 18.1. The molecule has 1 fully saturated rings. The summed E-state index contributed by atoms with van der Waals surface area (Å²) in [6.07, 6.45) is 2.81. The number of H-pyrrole nitrogens is 1. The highest BCUT2D eigenvalue weighted by Gasteiger charge is 2.24. The zero-order chi connectivity index (χ0) is 19.0. The third-order valence-corrected chi connectivity index (χ3v) is 5.61. The fourth-order valence-corrected chi connectivity index (χ4v) is 3.88. The van der Waals surface area contributed by atoms with Gasteiger partial charge in [-0.2, -0.15) is 0 Å². The van der Waals surface area contributed by atoms with E-state index in [2.05, 4.69) is 21.7 Å². The molecule has 0 aliphatic carbocycles. The van der Waals surface area contributed by atoms with Crippen LogP contribution in [-0.4, -0.2) is 34.5 Å². The summed E-state index contributed by atoms with van der Waals surface area (Å²) >= 11 is 0. The minimum absolute atomic E-state index is 0.0545. The number of halogens is 2. The van der Waals surface area contributed by atoms with Gasteiger partial charge in [0.25, 0.3) is 5.56 Å². The van der Waals surface area contributed by atoms with Crippen molar-refractivity contribution < 1.29 is 8.78 Å². The van der Waals surface area contributed by atoms with E-state index in [9.17, 15) is 13.6 Å². The van der Waals surface area contributed by atoms with Gasteiger partial charge in [-0.05, 0) is 42.9 Å². The van der Waals surface area contributed by atoms with Crippen molar-refractivity contribution in [3.05, 3.63) is 57.0 Å². The highest BCUT2D eigenvalue weighted by molar-refractivity contribution is 5.35. The third kappa shape index (κ3) is 3.88. The van der Waals surface area contributed by atoms with Crippen molar-refractivity contribution in [2.45, 2.75) is 39.3 Å². The SMILES string of the molecule is CC1CCN(c2nc3c(c(=O)[nH]2)CCN(Cc2ccc(F)c(F)c2)C3)CC1. The summed E-state index contributed by atoms with van der Waals surface area (Å²) < 4.78 is 26.6. The molecule has 0 unspecified atom stereocenters. The van der Waals surface area contributed by atoms with Crippen LogP contribution in [0.15, 0.2) is 23.0 Å². The molecule has 2 aromatic rings. The number of nitrogens with one attached hydrogen (secondary N) is 1. The van der Waals surface area contributed by atoms with E-state index in [1.54, 1.807) is 6.07 Å². The van der Waals surface area contributed by atoms with Crippen molar-refractivity contribution >= 4 is 5.95 Å². The molecular formula is C20H24F2N4O. The van der Waals surface area contributed by atoms with Gasteiger partial charge in [0.2, 0.25) is 5.95 Å². The number of aromatic amines is 1. The zero-order valence-corrected chi connectivity index (χ0v) is 15.5. The van der Waals surface area contributed by atoms with Gasteiger partial charge in [0.1, 0.15) is 0 Å². The second kappa shape index (κ2) is 7.38. The van der Waals surface area contributed by atoms with Crippen LogP contribution >= 0.6 is 0 Å². The van der Waals surface area contributed by atoms with E-state index >= 15 is 0 Å². The summed E-state index contributed by atoms with van der Waals surface area (Å²) in [7, 11) is 0. The van der Waals surface area contributed by atoms with Crippen molar-refractivity contribution in [3.8, 4) is 0 Å². The van der Waals surface area contributed by atoms with Crippen molar-refractivity contribution in [1.82, 2.24) is 14.9 Å². The molecular weight excluding hydrogens is 350 g/mol. The van der Waals surface area contributed by atoms with Gasteiger partial charge >= 0.3 is 0 Å². The molecule has 2 aliphatic heterocycles. The number of nitrogens with zero attached hydrogens (tertiary/aromatic N) is 3. The maximum Gasteiger partial charge on any atom is 0.255 e. The summed E-state index contributed by atoms with van der Waals surface area (Å²) in [5.41, 5.74) is 2.19. The Morgan fingerprint density at radius 3 is 2.70 bits per heavy atom. The van der Waals surface area contributed by atoms with Crippen molar-refractivity contribution in [2.24, 2.45) is 5.92 Å². The maximum absolute atomic E-state index is 13.5. The number of fused-ring (bicyclic) bond motifs is 1. The lowest BCUT2D eigenvalue weighted by molar-refractivity contribution is 0.240. The van der Waals surface area contributed by atoms with Crippen LogP contribution in [0.2, 0.25) is 0 Å². The van der Waals surface area contributed by atoms with E-state index in [0.29, 0.717) is 43.5 Å². The molecule has 3 heterocycles. The number of aromatic nitrogens is 2. The quantitative estimate of drug-likeness (QED) is 0.898. The van der Waals surface area contributed by atoms with Crippen LogP contribution < -0.4 is 10.5 Å². The largest absolute Gasteiger partial charge is 0.342 e. The Hall–Kier alpha value is -2.28. The average Bonchev–Trinajstić information content (AvgIpc) is 2.65. The van der Waals surface area contributed by atoms with Crippen LogP contribution in [-0.2, 0) is 19.5 Å². The molecule has 1 saturated heterocycles. The van der Waals surface area contributed by atoms with E-state index in [4.69, 9.17) is 4.98 Å². The number of benzene rings is 1. The Morgan fingerprint density at radius 2 is 1.96 bits per heavy atom. The smallest absolute Gasteiger partial charge is 0.255 e. The Kier molecular flexibility index (Phi) is 4.95. The Bertz CT molecular complexity index is 890. The predicted molar refractivity (Wildman–Crippen MR) is 99.6 cm³/mol. The molecule has 0 amide bonds. The lowest BCUT2D eigenvalue weighted by Gasteiger charge is -2.32. The molecule has 0 bridgehead atoms. The van der Waals surface area contributed by atoms with Crippen LogP contribution in [0.4, 0.5) is 14.7 Å². The zero-order valence-electron chi connectivity index (χ0n) is 15.5. The average molecular weight is 374 g/mol. The van der Waals surface area contributed by atoms with Crippen molar-refractivity contribution in [1.29, 1.82) is 0 Å². The topological polar surface area (TPSA) is 52.2 Å². The third-order valence-electron chi connectivity index (χ3n) is 5.61. The predicted octanol–water partition coefficient (Wildman–Crippen LogP) is 2.84. The normalized spacial score (nSPS) is 18.6. The van der Waals surface area contributed by atoms with Gasteiger partial charge in [-0.3, -0.25) is 14.7 Å². The highest BCUT2D eigenvalue weighted by atomic mass is 19.2. The second-order valence-electron chi connectivity index (χ2n) is 7.69. The summed E-state index contributed by atoms with van der Waals surface area (Å²) in [6, 6.07) is 3.98. The van der Waals surface area contributed by atoms with Crippen LogP contribution in [0.5, 0.6) is 0 Å². The molecule has 0 atom stereocenters. The van der Waals surface area contributed by atoms with E-state index in [0.717, 1.165) is 43.3 Å². The number of rotatable bonds is 3. The van der Waals surface area contributed by atoms with Crippen LogP contribution in [0.1, 0.15) is 36.6 Å². The molecule has 1 aromatic carbocycles. The molecule has 0 spiro atoms. The fraction of sp³-hybridized carbons (Fsp3) is 0.500. The van der Waals surface area contributed by atoms with Gasteiger partial charge in [-0.15, -0.1) is 0 Å². The van der Waals surface area contributed by atoms with Gasteiger partial charge in [-0.1, -0.05) is 13.0 Å². The molecule has 0 radical (unpaired) electrons. The Morgan fingerprint density at radius 1 is 1.19 bits per heavy atom. The number of hydrogen-bond donors (Lipinski definition) is 1. The van der Waals surface area contributed by atoms with E-state index < -0.39 is 11.6 Å². The Balaban J connectivity index is 1.52. The second-order valence-corrected chi connectivity index (χ2v) is 7.69. The first-order chi connectivity index (χ1) is 13.0. The van der Waals surface area contributed by atoms with Crippen LogP contribution in [0, 0.1) is 17.6 Å². The first-order valence-electron chi connectivity index (χ1n) is 9.53. The van der Waals surface area contributed by atoms with Crippen LogP contribution in [0.25, 0.3) is 0 Å². The minimum atomic E-state index is -0.837. The minimum Gasteiger partial charge on any atom is -0.342 e. The van der Waals surface area contributed by atoms with E-state index in [-0.39, 0.29) is 5.56 Å². The molecule has 0 saturated carbocycles. The highest BCUT2D eigenvalue weighted by Crippen LogP contribution is 2.22. The first-order valence-corrected chi connectivity index (χ1v) is 9.53. The molecule has 2 aliphatic rings. The Labute approximate surface area is 157 Å². The summed E-state index contributed by atoms with van der Waals surface area (Å²) in [5.74, 6) is -0.310. The molecule has 4 rings (SSSR count). The molecule has 7 heteroatoms. The summed E-state index contributed by atoms with van der Waals surface area (Å²) in [5, 5.41) is 0. The monoisotopic (exact) mass is 374 g/mol. The van der Waals surface area contributed by atoms with Gasteiger partial charge < -0.3 is 4.90 Å². The van der Waals surface area contributed by atoms with Gasteiger partial charge in [0, 0.05) is 38.3 Å². The number of anilines is 1. The standard InChI is InChI=1S/C20H24F2N4O/c1-13-4-8-26(9-5-13)20-23-18-12-25(7-6-15(18)19(27)24-20)11-14-2-3-16(21)17(22)10-14/h2-3,10,13H,4-9,11-12H2,1H3,(H,23,24,27). The molecule has 1 N–H and O–H groups in total. The number of piperidine rings is 1. The van der Waals surface area contributed by atoms with Crippen molar-refractivity contribution in [3.63, 3.8) is 0 Å². The lowest BCUT2D eigenvalue weighted by atomic mass is 9.99.